The number of halogens is 4. The first-order chi connectivity index (χ1) is 10.4. The molecule has 0 aliphatic carbocycles. The average molecular weight is 317 g/mol. The third kappa shape index (κ3) is 3.74. The van der Waals surface area contributed by atoms with Gasteiger partial charge in [-0.25, -0.2) is 4.98 Å². The number of nitrogens with one attached hydrogen (secondary N) is 2. The molecule has 118 valence electrons. The normalized spacial score (nSPS) is 11.5. The summed E-state index contributed by atoms with van der Waals surface area (Å²) in [6.07, 6.45) is -5.67. The van der Waals surface area contributed by atoms with Crippen LogP contribution in [0.3, 0.4) is 0 Å². The van der Waals surface area contributed by atoms with Gasteiger partial charge in [0.25, 0.3) is 5.91 Å². The van der Waals surface area contributed by atoms with Crippen molar-refractivity contribution in [3.05, 3.63) is 48.0 Å². The predicted octanol–water partition coefficient (Wildman–Crippen LogP) is 2.58. The maximum Gasteiger partial charge on any atom is 0.461 e. The molecule has 0 atom stereocenters. The monoisotopic (exact) mass is 317 g/mol. The van der Waals surface area contributed by atoms with Crippen molar-refractivity contribution in [2.75, 3.05) is 0 Å². The van der Waals surface area contributed by atoms with E-state index in [0.717, 1.165) is 6.07 Å². The molecule has 0 spiro atoms. The van der Waals surface area contributed by atoms with Crippen molar-refractivity contribution in [3.63, 3.8) is 0 Å². The number of ether oxygens (including phenoxy) is 1. The van der Waals surface area contributed by atoms with Gasteiger partial charge >= 0.3 is 12.5 Å². The minimum atomic E-state index is -4.68. The number of aromatic nitrogens is 2. The Morgan fingerprint density at radius 2 is 2.09 bits per heavy atom. The van der Waals surface area contributed by atoms with E-state index in [-0.39, 0.29) is 12.1 Å². The van der Waals surface area contributed by atoms with E-state index in [1.165, 1.54) is 24.4 Å². The van der Waals surface area contributed by atoms with Crippen LogP contribution in [0.25, 0.3) is 0 Å². The van der Waals surface area contributed by atoms with Gasteiger partial charge in [0.05, 0.1) is 12.1 Å². The van der Waals surface area contributed by atoms with Gasteiger partial charge in [-0.2, -0.15) is 17.6 Å². The zero-order chi connectivity index (χ0) is 16.2. The fourth-order valence-electron chi connectivity index (χ4n) is 1.59. The molecule has 0 saturated heterocycles. The van der Waals surface area contributed by atoms with Gasteiger partial charge < -0.3 is 15.0 Å². The van der Waals surface area contributed by atoms with Gasteiger partial charge in [0, 0.05) is 12.4 Å². The predicted molar refractivity (Wildman–Crippen MR) is 67.8 cm³/mol. The molecule has 2 N–H and O–H groups in total. The van der Waals surface area contributed by atoms with Gasteiger partial charge in [0.1, 0.15) is 11.6 Å². The minimum Gasteiger partial charge on any atom is -0.427 e. The largest absolute Gasteiger partial charge is 0.461 e. The summed E-state index contributed by atoms with van der Waals surface area (Å²) in [7, 11) is 0. The Bertz CT molecular complexity index is 632. The maximum absolute atomic E-state index is 13.0. The Labute approximate surface area is 122 Å². The topological polar surface area (TPSA) is 67.0 Å². The summed E-state index contributed by atoms with van der Waals surface area (Å²) in [5.41, 5.74) is -0.283. The Morgan fingerprint density at radius 3 is 2.73 bits per heavy atom. The van der Waals surface area contributed by atoms with Crippen molar-refractivity contribution in [3.8, 4) is 5.75 Å². The second kappa shape index (κ2) is 6.46. The number of carbonyl (C=O) groups excluding carboxylic acids is 1. The van der Waals surface area contributed by atoms with Gasteiger partial charge in [-0.1, -0.05) is 12.1 Å². The van der Waals surface area contributed by atoms with Crippen LogP contribution in [0.5, 0.6) is 5.75 Å². The molecule has 0 aliphatic rings. The molecule has 0 aliphatic heterocycles. The zero-order valence-corrected chi connectivity index (χ0v) is 11.0. The quantitative estimate of drug-likeness (QED) is 0.805. The lowest BCUT2D eigenvalue weighted by Gasteiger charge is -2.18. The molecule has 0 bridgehead atoms. The second-order valence-electron chi connectivity index (χ2n) is 4.18. The van der Waals surface area contributed by atoms with Gasteiger partial charge in [0.15, 0.2) is 0 Å². The van der Waals surface area contributed by atoms with Crippen LogP contribution < -0.4 is 10.1 Å². The molecule has 0 radical (unpaired) electrons. The lowest BCUT2D eigenvalue weighted by atomic mass is 10.2. The van der Waals surface area contributed by atoms with E-state index < -0.39 is 24.2 Å². The molecule has 2 rings (SSSR count). The molecular formula is C13H11F4N3O2. The van der Waals surface area contributed by atoms with Gasteiger partial charge in [-0.05, 0) is 12.1 Å². The fourth-order valence-corrected chi connectivity index (χ4v) is 1.59. The third-order valence-corrected chi connectivity index (χ3v) is 2.60. The van der Waals surface area contributed by atoms with E-state index in [9.17, 15) is 22.4 Å². The SMILES string of the molecule is O=C(NCc1ncc[nH]1)c1ccccc1OC(F)(F)C(F)F. The van der Waals surface area contributed by atoms with Crippen LogP contribution in [-0.2, 0) is 6.54 Å². The minimum absolute atomic E-state index is 0.0193. The van der Waals surface area contributed by atoms with Crippen LogP contribution in [0.4, 0.5) is 17.6 Å². The van der Waals surface area contributed by atoms with E-state index in [0.29, 0.717) is 5.82 Å². The summed E-state index contributed by atoms with van der Waals surface area (Å²) < 4.78 is 54.3. The highest BCUT2D eigenvalue weighted by Gasteiger charge is 2.44. The molecule has 0 saturated carbocycles. The van der Waals surface area contributed by atoms with Gasteiger partial charge in [0.2, 0.25) is 0 Å². The average Bonchev–Trinajstić information content (AvgIpc) is 2.98. The molecule has 0 unspecified atom stereocenters. The van der Waals surface area contributed by atoms with Crippen LogP contribution in [0, 0.1) is 0 Å². The summed E-state index contributed by atoms with van der Waals surface area (Å²) in [5, 5.41) is 2.41. The number of alkyl halides is 4. The summed E-state index contributed by atoms with van der Waals surface area (Å²) >= 11 is 0. The molecule has 1 heterocycles. The summed E-state index contributed by atoms with van der Waals surface area (Å²) in [6.45, 7) is 0.0193. The Kier molecular flexibility index (Phi) is 4.64. The van der Waals surface area contributed by atoms with Crippen molar-refractivity contribution in [2.24, 2.45) is 0 Å². The number of rotatable bonds is 6. The number of aromatic amines is 1. The van der Waals surface area contributed by atoms with Crippen LogP contribution in [0.1, 0.15) is 16.2 Å². The lowest BCUT2D eigenvalue weighted by molar-refractivity contribution is -0.253. The molecule has 5 nitrogen and oxygen atoms in total. The highest BCUT2D eigenvalue weighted by molar-refractivity contribution is 5.96. The van der Waals surface area contributed by atoms with Gasteiger partial charge in [-0.3, -0.25) is 4.79 Å². The standard InChI is InChI=1S/C13H11F4N3O2/c14-12(15)13(16,17)22-9-4-2-1-3-8(9)11(21)20-7-10-18-5-6-19-10/h1-6,12H,7H2,(H,18,19)(H,20,21). The number of nitrogens with zero attached hydrogens (tertiary/aromatic N) is 1. The summed E-state index contributed by atoms with van der Waals surface area (Å²) in [4.78, 5) is 18.6. The highest BCUT2D eigenvalue weighted by Crippen LogP contribution is 2.29. The van der Waals surface area contributed by atoms with Crippen molar-refractivity contribution in [1.29, 1.82) is 0 Å². The van der Waals surface area contributed by atoms with E-state index >= 15 is 0 Å². The van der Waals surface area contributed by atoms with Crippen molar-refractivity contribution < 1.29 is 27.1 Å². The molecule has 0 fully saturated rings. The number of hydrogen-bond donors (Lipinski definition) is 2. The lowest BCUT2D eigenvalue weighted by Crippen LogP contribution is -2.34. The van der Waals surface area contributed by atoms with Crippen LogP contribution in [0.2, 0.25) is 0 Å². The molecule has 2 aromatic rings. The molecule has 22 heavy (non-hydrogen) atoms. The number of carbonyl (C=O) groups is 1. The molecule has 1 amide bonds. The number of para-hydroxylation sites is 1. The second-order valence-corrected chi connectivity index (χ2v) is 4.18. The van der Waals surface area contributed by atoms with E-state index in [1.807, 2.05) is 0 Å². The zero-order valence-electron chi connectivity index (χ0n) is 11.0. The van der Waals surface area contributed by atoms with Crippen molar-refractivity contribution in [1.82, 2.24) is 15.3 Å². The summed E-state index contributed by atoms with van der Waals surface area (Å²) in [6, 6.07) is 4.89. The number of amides is 1. The number of imidazole rings is 1. The van der Waals surface area contributed by atoms with Gasteiger partial charge in [-0.15, -0.1) is 0 Å². The first-order valence-corrected chi connectivity index (χ1v) is 6.10. The Balaban J connectivity index is 2.12. The molecule has 1 aromatic carbocycles. The van der Waals surface area contributed by atoms with Crippen molar-refractivity contribution >= 4 is 5.91 Å². The van der Waals surface area contributed by atoms with E-state index in [4.69, 9.17) is 0 Å². The number of benzene rings is 1. The Morgan fingerprint density at radius 1 is 1.36 bits per heavy atom. The molecule has 1 aromatic heterocycles. The highest BCUT2D eigenvalue weighted by atomic mass is 19.3. The van der Waals surface area contributed by atoms with Crippen LogP contribution in [-0.4, -0.2) is 28.4 Å². The van der Waals surface area contributed by atoms with E-state index in [2.05, 4.69) is 20.0 Å². The maximum atomic E-state index is 13.0. The van der Waals surface area contributed by atoms with Crippen molar-refractivity contribution in [2.45, 2.75) is 19.1 Å². The van der Waals surface area contributed by atoms with E-state index in [1.54, 1.807) is 6.20 Å². The van der Waals surface area contributed by atoms with Crippen LogP contribution in [0.15, 0.2) is 36.7 Å². The number of H-pyrrole nitrogens is 1. The first-order valence-electron chi connectivity index (χ1n) is 6.10. The smallest absolute Gasteiger partial charge is 0.427 e. The third-order valence-electron chi connectivity index (χ3n) is 2.60. The van der Waals surface area contributed by atoms with Crippen LogP contribution >= 0.6 is 0 Å². The molecule has 9 heteroatoms. The summed E-state index contributed by atoms with van der Waals surface area (Å²) in [5.74, 6) is -0.938. The fraction of sp³-hybridized carbons (Fsp3) is 0.231. The molecular weight excluding hydrogens is 306 g/mol. The Hall–Kier alpha value is -2.58. The number of hydrogen-bond acceptors (Lipinski definition) is 3. The first kappa shape index (κ1) is 15.8.